The summed E-state index contributed by atoms with van der Waals surface area (Å²) in [6, 6.07) is 13.1. The molecule has 0 unspecified atom stereocenters. The minimum atomic E-state index is -3.67. The highest BCUT2D eigenvalue weighted by Gasteiger charge is 2.30. The molecule has 0 aliphatic carbocycles. The smallest absolute Gasteiger partial charge is 0.243 e. The van der Waals surface area contributed by atoms with Gasteiger partial charge in [0.1, 0.15) is 11.6 Å². The van der Waals surface area contributed by atoms with E-state index in [1.54, 1.807) is 0 Å². The molecule has 1 fully saturated rings. The molecule has 4 rings (SSSR count). The van der Waals surface area contributed by atoms with Crippen molar-refractivity contribution < 1.29 is 12.8 Å². The van der Waals surface area contributed by atoms with Crippen molar-refractivity contribution in [1.29, 1.82) is 0 Å². The normalized spacial score (nSPS) is 15.3. The van der Waals surface area contributed by atoms with Gasteiger partial charge in [-0.2, -0.15) is 4.31 Å². The lowest BCUT2D eigenvalue weighted by molar-refractivity contribution is 0.383. The van der Waals surface area contributed by atoms with Crippen molar-refractivity contribution in [2.24, 2.45) is 0 Å². The van der Waals surface area contributed by atoms with Crippen molar-refractivity contribution in [2.45, 2.75) is 38.5 Å². The molecular formula is C25H29FN4O2S. The lowest BCUT2D eigenvalue weighted by Crippen LogP contribution is -2.49. The van der Waals surface area contributed by atoms with Crippen LogP contribution in [0, 0.1) is 19.7 Å². The zero-order chi connectivity index (χ0) is 23.8. The molecule has 0 amide bonds. The minimum Gasteiger partial charge on any atom is -0.354 e. The summed E-state index contributed by atoms with van der Waals surface area (Å²) in [6.45, 7) is 10.00. The molecular weight excluding hydrogens is 439 g/mol. The summed E-state index contributed by atoms with van der Waals surface area (Å²) in [5.74, 6) is 1.32. The van der Waals surface area contributed by atoms with E-state index in [2.05, 4.69) is 24.8 Å². The SMILES string of the molecule is Cc1cccc(-c2nc(C)c(C(C)C)c(N3CCN(S(=O)(=O)c4ccc(F)cc4)CC3)n2)c1. The first kappa shape index (κ1) is 23.3. The highest BCUT2D eigenvalue weighted by molar-refractivity contribution is 7.89. The zero-order valence-corrected chi connectivity index (χ0v) is 20.2. The van der Waals surface area contributed by atoms with Crippen LogP contribution in [0.4, 0.5) is 10.2 Å². The van der Waals surface area contributed by atoms with Crippen LogP contribution in [0.25, 0.3) is 11.4 Å². The number of nitrogens with zero attached hydrogens (tertiary/aromatic N) is 4. The van der Waals surface area contributed by atoms with Gasteiger partial charge in [-0.1, -0.05) is 37.6 Å². The second-order valence-corrected chi connectivity index (χ2v) is 10.7. The number of rotatable bonds is 5. The topological polar surface area (TPSA) is 66.4 Å². The summed E-state index contributed by atoms with van der Waals surface area (Å²) in [5.41, 5.74) is 4.13. The van der Waals surface area contributed by atoms with E-state index >= 15 is 0 Å². The van der Waals surface area contributed by atoms with Gasteiger partial charge in [-0.3, -0.25) is 0 Å². The molecule has 1 aliphatic heterocycles. The van der Waals surface area contributed by atoms with Gasteiger partial charge in [-0.15, -0.1) is 0 Å². The Labute approximate surface area is 195 Å². The van der Waals surface area contributed by atoms with Crippen LogP contribution in [-0.2, 0) is 10.0 Å². The predicted octanol–water partition coefficient (Wildman–Crippen LogP) is 4.53. The van der Waals surface area contributed by atoms with Crippen molar-refractivity contribution in [3.05, 3.63) is 71.2 Å². The molecule has 33 heavy (non-hydrogen) atoms. The summed E-state index contributed by atoms with van der Waals surface area (Å²) in [5, 5.41) is 0. The second-order valence-electron chi connectivity index (χ2n) is 8.74. The van der Waals surface area contributed by atoms with Crippen molar-refractivity contribution in [3.8, 4) is 11.4 Å². The monoisotopic (exact) mass is 468 g/mol. The number of aromatic nitrogens is 2. The Hall–Kier alpha value is -2.84. The van der Waals surface area contributed by atoms with E-state index in [1.807, 2.05) is 32.0 Å². The third kappa shape index (κ3) is 4.77. The van der Waals surface area contributed by atoms with Gasteiger partial charge < -0.3 is 4.90 Å². The lowest BCUT2D eigenvalue weighted by atomic mass is 10.0. The number of hydrogen-bond donors (Lipinski definition) is 0. The number of sulfonamides is 1. The number of halogens is 1. The molecule has 0 atom stereocenters. The molecule has 6 nitrogen and oxygen atoms in total. The highest BCUT2D eigenvalue weighted by Crippen LogP contribution is 2.32. The zero-order valence-electron chi connectivity index (χ0n) is 19.4. The standard InChI is InChI=1S/C25H29FN4O2S/c1-17(2)23-19(4)27-24(20-7-5-6-18(3)16-20)28-25(23)29-12-14-30(15-13-29)33(31,32)22-10-8-21(26)9-11-22/h5-11,16-17H,12-15H2,1-4H3. The molecule has 0 bridgehead atoms. The molecule has 8 heteroatoms. The molecule has 0 spiro atoms. The van der Waals surface area contributed by atoms with E-state index in [9.17, 15) is 12.8 Å². The van der Waals surface area contributed by atoms with Gasteiger partial charge in [0.25, 0.3) is 0 Å². The van der Waals surface area contributed by atoms with E-state index in [-0.39, 0.29) is 10.8 Å². The van der Waals surface area contributed by atoms with E-state index in [1.165, 1.54) is 28.6 Å². The average Bonchev–Trinajstić information content (AvgIpc) is 2.78. The Morgan fingerprint density at radius 3 is 2.21 bits per heavy atom. The molecule has 0 radical (unpaired) electrons. The van der Waals surface area contributed by atoms with Crippen molar-refractivity contribution in [1.82, 2.24) is 14.3 Å². The maximum Gasteiger partial charge on any atom is 0.243 e. The predicted molar refractivity (Wildman–Crippen MR) is 128 cm³/mol. The fraction of sp³-hybridized carbons (Fsp3) is 0.360. The maximum absolute atomic E-state index is 13.2. The molecule has 1 aromatic heterocycles. The van der Waals surface area contributed by atoms with Crippen LogP contribution >= 0.6 is 0 Å². The number of aryl methyl sites for hydroxylation is 2. The third-order valence-corrected chi connectivity index (χ3v) is 7.87. The molecule has 3 aromatic rings. The first-order chi connectivity index (χ1) is 15.7. The Balaban J connectivity index is 1.62. The Morgan fingerprint density at radius 2 is 1.61 bits per heavy atom. The molecule has 1 aliphatic rings. The van der Waals surface area contributed by atoms with Crippen LogP contribution in [0.2, 0.25) is 0 Å². The van der Waals surface area contributed by atoms with Crippen LogP contribution < -0.4 is 4.90 Å². The summed E-state index contributed by atoms with van der Waals surface area (Å²) in [6.07, 6.45) is 0. The quantitative estimate of drug-likeness (QED) is 0.550. The van der Waals surface area contributed by atoms with Crippen LogP contribution in [0.3, 0.4) is 0 Å². The Morgan fingerprint density at radius 1 is 0.939 bits per heavy atom. The highest BCUT2D eigenvalue weighted by atomic mass is 32.2. The van der Waals surface area contributed by atoms with Crippen LogP contribution in [0.5, 0.6) is 0 Å². The molecule has 174 valence electrons. The van der Waals surface area contributed by atoms with E-state index in [0.29, 0.717) is 32.0 Å². The van der Waals surface area contributed by atoms with Crippen LogP contribution in [0.15, 0.2) is 53.4 Å². The van der Waals surface area contributed by atoms with Crippen molar-refractivity contribution in [2.75, 3.05) is 31.1 Å². The van der Waals surface area contributed by atoms with E-state index in [0.717, 1.165) is 28.2 Å². The molecule has 2 aromatic carbocycles. The molecule has 0 saturated carbocycles. The summed E-state index contributed by atoms with van der Waals surface area (Å²) in [7, 11) is -3.67. The fourth-order valence-corrected chi connectivity index (χ4v) is 5.71. The lowest BCUT2D eigenvalue weighted by Gasteiger charge is -2.36. The second kappa shape index (κ2) is 9.19. The van der Waals surface area contributed by atoms with Gasteiger partial charge in [0, 0.05) is 43.0 Å². The average molecular weight is 469 g/mol. The molecule has 2 heterocycles. The Kier molecular flexibility index (Phi) is 6.50. The summed E-state index contributed by atoms with van der Waals surface area (Å²) in [4.78, 5) is 12.0. The maximum atomic E-state index is 13.2. The molecule has 1 saturated heterocycles. The van der Waals surface area contributed by atoms with Gasteiger partial charge in [0.15, 0.2) is 5.82 Å². The van der Waals surface area contributed by atoms with Crippen LogP contribution in [-0.4, -0.2) is 48.9 Å². The van der Waals surface area contributed by atoms with Gasteiger partial charge in [-0.25, -0.2) is 22.8 Å². The van der Waals surface area contributed by atoms with Gasteiger partial charge in [0.05, 0.1) is 4.90 Å². The molecule has 0 N–H and O–H groups in total. The van der Waals surface area contributed by atoms with Crippen LogP contribution in [0.1, 0.15) is 36.6 Å². The number of anilines is 1. The first-order valence-electron chi connectivity index (χ1n) is 11.1. The third-order valence-electron chi connectivity index (χ3n) is 5.96. The Bertz CT molecular complexity index is 1250. The number of hydrogen-bond acceptors (Lipinski definition) is 5. The fourth-order valence-electron chi connectivity index (χ4n) is 4.29. The van der Waals surface area contributed by atoms with Crippen molar-refractivity contribution >= 4 is 15.8 Å². The summed E-state index contributed by atoms with van der Waals surface area (Å²) >= 11 is 0. The van der Waals surface area contributed by atoms with Gasteiger partial charge in [0.2, 0.25) is 10.0 Å². The van der Waals surface area contributed by atoms with E-state index in [4.69, 9.17) is 9.97 Å². The van der Waals surface area contributed by atoms with Crippen molar-refractivity contribution in [3.63, 3.8) is 0 Å². The number of piperazine rings is 1. The van der Waals surface area contributed by atoms with Gasteiger partial charge in [-0.05, 0) is 50.1 Å². The van der Waals surface area contributed by atoms with Gasteiger partial charge >= 0.3 is 0 Å². The first-order valence-corrected chi connectivity index (χ1v) is 12.6. The number of benzene rings is 2. The largest absolute Gasteiger partial charge is 0.354 e. The minimum absolute atomic E-state index is 0.111. The van der Waals surface area contributed by atoms with E-state index < -0.39 is 15.8 Å². The summed E-state index contributed by atoms with van der Waals surface area (Å²) < 4.78 is 40.7.